The quantitative estimate of drug-likeness (QED) is 0.269. The molecule has 3 N–H and O–H groups in total. The molecule has 0 bridgehead atoms. The van der Waals surface area contributed by atoms with Crippen LogP contribution in [0.1, 0.15) is 60.4 Å². The SMILES string of the molecule is CC(C)N1CCN(c2cc(C(=O)NCC(O)CN3CCc4c(ccc(OCc5cnco5)c4Cl)C3)cc(NC3CCC3)n2)CC1. The fourth-order valence-electron chi connectivity index (χ4n) is 6.16. The lowest BCUT2D eigenvalue weighted by atomic mass is 9.93. The number of hydrogen-bond acceptors (Lipinski definition) is 10. The summed E-state index contributed by atoms with van der Waals surface area (Å²) in [7, 11) is 0. The van der Waals surface area contributed by atoms with Crippen molar-refractivity contribution < 1.29 is 19.1 Å². The molecular formula is C33H44ClN7O4. The molecule has 0 spiro atoms. The summed E-state index contributed by atoms with van der Waals surface area (Å²) >= 11 is 6.69. The van der Waals surface area contributed by atoms with Crippen LogP contribution in [0.2, 0.25) is 5.02 Å². The third kappa shape index (κ3) is 7.89. The van der Waals surface area contributed by atoms with Crippen LogP contribution in [0, 0.1) is 0 Å². The van der Waals surface area contributed by atoms with Gasteiger partial charge in [-0.15, -0.1) is 0 Å². The van der Waals surface area contributed by atoms with Gasteiger partial charge in [0, 0.05) is 70.0 Å². The lowest BCUT2D eigenvalue weighted by Gasteiger charge is -2.37. The Balaban J connectivity index is 1.03. The zero-order chi connectivity index (χ0) is 31.3. The molecule has 1 saturated carbocycles. The van der Waals surface area contributed by atoms with Crippen molar-refractivity contribution in [1.29, 1.82) is 0 Å². The number of aliphatic hydroxyl groups excluding tert-OH is 1. The predicted octanol–water partition coefficient (Wildman–Crippen LogP) is 3.95. The molecule has 12 heteroatoms. The van der Waals surface area contributed by atoms with Crippen molar-refractivity contribution in [2.24, 2.45) is 0 Å². The standard InChI is InChI=1S/C33H44ClN7O4/c1-22(2)40-10-12-41(13-11-40)31-15-24(14-30(38-31)37-25-4-3-5-25)33(43)36-16-26(42)19-39-9-8-28-23(18-39)6-7-29(32(28)34)44-20-27-17-35-21-45-27/h6-7,14-15,17,21-22,25-26,42H,3-5,8-13,16,18-20H2,1-2H3,(H,36,43)(H,37,38). The Bertz CT molecular complexity index is 1440. The van der Waals surface area contributed by atoms with Crippen molar-refractivity contribution >= 4 is 29.1 Å². The van der Waals surface area contributed by atoms with Crippen molar-refractivity contribution in [3.8, 4) is 5.75 Å². The molecular weight excluding hydrogens is 594 g/mol. The van der Waals surface area contributed by atoms with Crippen LogP contribution in [0.25, 0.3) is 0 Å². The fraction of sp³-hybridized carbons (Fsp3) is 0.545. The Morgan fingerprint density at radius 1 is 1.18 bits per heavy atom. The van der Waals surface area contributed by atoms with Gasteiger partial charge in [-0.05, 0) is 68.9 Å². The Labute approximate surface area is 269 Å². The highest BCUT2D eigenvalue weighted by atomic mass is 35.5. The number of hydrogen-bond donors (Lipinski definition) is 3. The van der Waals surface area contributed by atoms with Gasteiger partial charge in [0.15, 0.2) is 12.2 Å². The number of carbonyl (C=O) groups excluding carboxylic acids is 1. The van der Waals surface area contributed by atoms with Gasteiger partial charge < -0.3 is 29.8 Å². The van der Waals surface area contributed by atoms with Gasteiger partial charge in [0.2, 0.25) is 0 Å². The van der Waals surface area contributed by atoms with Gasteiger partial charge in [-0.25, -0.2) is 9.97 Å². The monoisotopic (exact) mass is 637 g/mol. The van der Waals surface area contributed by atoms with Crippen LogP contribution < -0.4 is 20.3 Å². The van der Waals surface area contributed by atoms with Crippen molar-refractivity contribution in [3.05, 3.63) is 64.3 Å². The third-order valence-corrected chi connectivity index (χ3v) is 9.51. The molecule has 4 heterocycles. The van der Waals surface area contributed by atoms with E-state index in [1.54, 1.807) is 6.20 Å². The van der Waals surface area contributed by atoms with Gasteiger partial charge in [0.1, 0.15) is 24.0 Å². The fourth-order valence-corrected chi connectivity index (χ4v) is 6.50. The topological polar surface area (TPSA) is 119 Å². The van der Waals surface area contributed by atoms with Crippen LogP contribution in [-0.2, 0) is 19.6 Å². The van der Waals surface area contributed by atoms with Gasteiger partial charge in [-0.3, -0.25) is 14.6 Å². The molecule has 2 aromatic heterocycles. The number of β-amino-alcohol motifs (C(OH)–C–C–N with tert-alkyl or cyclic N) is 1. The minimum atomic E-state index is -0.714. The summed E-state index contributed by atoms with van der Waals surface area (Å²) in [5.41, 5.74) is 2.74. The third-order valence-electron chi connectivity index (χ3n) is 9.10. The number of pyridine rings is 1. The second kappa shape index (κ2) is 14.4. The van der Waals surface area contributed by atoms with E-state index in [1.165, 1.54) is 12.8 Å². The van der Waals surface area contributed by atoms with Gasteiger partial charge in [-0.1, -0.05) is 17.7 Å². The molecule has 1 aliphatic carbocycles. The number of anilines is 2. The molecule has 45 heavy (non-hydrogen) atoms. The molecule has 1 unspecified atom stereocenters. The van der Waals surface area contributed by atoms with Crippen molar-refractivity contribution in [2.45, 2.75) is 70.9 Å². The molecule has 0 radical (unpaired) electrons. The Hall–Kier alpha value is -3.38. The highest BCUT2D eigenvalue weighted by Crippen LogP contribution is 2.34. The molecule has 1 aromatic carbocycles. The zero-order valence-electron chi connectivity index (χ0n) is 26.2. The molecule has 11 nitrogen and oxygen atoms in total. The first-order valence-corrected chi connectivity index (χ1v) is 16.5. The number of rotatable bonds is 12. The Morgan fingerprint density at radius 3 is 2.71 bits per heavy atom. The second-order valence-corrected chi connectivity index (χ2v) is 13.0. The van der Waals surface area contributed by atoms with Crippen molar-refractivity contribution in [2.75, 3.05) is 56.0 Å². The number of carbonyl (C=O) groups is 1. The largest absolute Gasteiger partial charge is 0.484 e. The smallest absolute Gasteiger partial charge is 0.251 e. The van der Waals surface area contributed by atoms with Crippen LogP contribution >= 0.6 is 11.6 Å². The first-order valence-electron chi connectivity index (χ1n) is 16.1. The highest BCUT2D eigenvalue weighted by molar-refractivity contribution is 6.33. The summed E-state index contributed by atoms with van der Waals surface area (Å²) in [6, 6.07) is 8.54. The van der Waals surface area contributed by atoms with Gasteiger partial charge in [-0.2, -0.15) is 0 Å². The maximum Gasteiger partial charge on any atom is 0.251 e. The molecule has 3 aliphatic rings. The van der Waals surface area contributed by atoms with Gasteiger partial charge in [0.05, 0.1) is 17.3 Å². The minimum Gasteiger partial charge on any atom is -0.484 e. The average Bonchev–Trinajstić information content (AvgIpc) is 3.55. The predicted molar refractivity (Wildman–Crippen MR) is 174 cm³/mol. The van der Waals surface area contributed by atoms with E-state index in [2.05, 4.69) is 44.2 Å². The molecule has 1 atom stereocenters. The summed E-state index contributed by atoms with van der Waals surface area (Å²) < 4.78 is 11.1. The lowest BCUT2D eigenvalue weighted by molar-refractivity contribution is 0.0841. The summed E-state index contributed by atoms with van der Waals surface area (Å²) in [5.74, 6) is 2.61. The lowest BCUT2D eigenvalue weighted by Crippen LogP contribution is -2.49. The maximum atomic E-state index is 13.3. The summed E-state index contributed by atoms with van der Waals surface area (Å²) in [6.45, 7) is 10.4. The Kier molecular flexibility index (Phi) is 10.1. The van der Waals surface area contributed by atoms with E-state index in [0.717, 1.165) is 74.7 Å². The number of halogens is 1. The number of aliphatic hydroxyl groups is 1. The van der Waals surface area contributed by atoms with E-state index in [9.17, 15) is 9.90 Å². The van der Waals surface area contributed by atoms with Crippen LogP contribution in [0.3, 0.4) is 0 Å². The van der Waals surface area contributed by atoms with Crippen LogP contribution in [0.15, 0.2) is 41.3 Å². The zero-order valence-corrected chi connectivity index (χ0v) is 26.9. The molecule has 1 saturated heterocycles. The van der Waals surface area contributed by atoms with Crippen LogP contribution in [0.4, 0.5) is 11.6 Å². The number of benzene rings is 1. The van der Waals surface area contributed by atoms with E-state index in [4.69, 9.17) is 25.7 Å². The highest BCUT2D eigenvalue weighted by Gasteiger charge is 2.25. The number of oxazole rings is 1. The van der Waals surface area contributed by atoms with Gasteiger partial charge >= 0.3 is 0 Å². The van der Waals surface area contributed by atoms with E-state index < -0.39 is 6.10 Å². The maximum absolute atomic E-state index is 13.3. The van der Waals surface area contributed by atoms with Crippen molar-refractivity contribution in [3.63, 3.8) is 0 Å². The first kappa shape index (κ1) is 31.6. The van der Waals surface area contributed by atoms with E-state index in [-0.39, 0.29) is 19.1 Å². The summed E-state index contributed by atoms with van der Waals surface area (Å²) in [6.07, 6.45) is 6.49. The summed E-state index contributed by atoms with van der Waals surface area (Å²) in [4.78, 5) is 29.1. The molecule has 6 rings (SSSR count). The van der Waals surface area contributed by atoms with Crippen molar-refractivity contribution in [1.82, 2.24) is 25.1 Å². The normalized spacial score (nSPS) is 18.4. The number of ether oxygens (including phenoxy) is 1. The number of nitrogens with zero attached hydrogens (tertiary/aromatic N) is 5. The number of fused-ring (bicyclic) bond motifs is 1. The molecule has 2 fully saturated rings. The average molecular weight is 638 g/mol. The minimum absolute atomic E-state index is 0.160. The van der Waals surface area contributed by atoms with Crippen LogP contribution in [-0.4, -0.2) is 94.8 Å². The summed E-state index contributed by atoms with van der Waals surface area (Å²) in [5, 5.41) is 18.0. The molecule has 242 valence electrons. The first-order chi connectivity index (χ1) is 21.8. The molecule has 1 amide bonds. The number of amides is 1. The van der Waals surface area contributed by atoms with Gasteiger partial charge in [0.25, 0.3) is 5.91 Å². The Morgan fingerprint density at radius 2 is 2.00 bits per heavy atom. The van der Waals surface area contributed by atoms with E-state index >= 15 is 0 Å². The second-order valence-electron chi connectivity index (χ2n) is 12.6. The molecule has 2 aliphatic heterocycles. The number of nitrogens with one attached hydrogen (secondary N) is 2. The molecule has 3 aromatic rings. The van der Waals surface area contributed by atoms with E-state index in [0.29, 0.717) is 47.3 Å². The number of piperazine rings is 1. The van der Waals surface area contributed by atoms with E-state index in [1.807, 2.05) is 24.3 Å². The van der Waals surface area contributed by atoms with Crippen LogP contribution in [0.5, 0.6) is 5.75 Å². The number of aromatic nitrogens is 2.